The summed E-state index contributed by atoms with van der Waals surface area (Å²) in [6.07, 6.45) is 0.300. The molecule has 0 spiro atoms. The molecule has 0 aliphatic carbocycles. The molecule has 1 aliphatic rings. The van der Waals surface area contributed by atoms with Crippen molar-refractivity contribution >= 4 is 39.4 Å². The van der Waals surface area contributed by atoms with Crippen LogP contribution in [0.2, 0.25) is 0 Å². The van der Waals surface area contributed by atoms with Crippen molar-refractivity contribution in [3.8, 4) is 0 Å². The molecule has 1 heterocycles. The molecule has 2 amide bonds. The molecule has 0 aromatic heterocycles. The van der Waals surface area contributed by atoms with Gasteiger partial charge >= 0.3 is 5.97 Å². The van der Waals surface area contributed by atoms with Crippen molar-refractivity contribution in [1.82, 2.24) is 4.90 Å². The second kappa shape index (κ2) is 7.26. The average molecular weight is 381 g/mol. The van der Waals surface area contributed by atoms with Gasteiger partial charge in [0.15, 0.2) is 0 Å². The first kappa shape index (κ1) is 17.0. The molecule has 1 aliphatic heterocycles. The van der Waals surface area contributed by atoms with Gasteiger partial charge in [0, 0.05) is 15.8 Å². The van der Waals surface area contributed by atoms with Crippen LogP contribution < -0.4 is 0 Å². The Hall–Kier alpha value is -2.38. The van der Waals surface area contributed by atoms with Crippen LogP contribution in [0, 0.1) is 0 Å². The Morgan fingerprint density at radius 1 is 1.52 bits per heavy atom. The third kappa shape index (κ3) is 3.52. The van der Waals surface area contributed by atoms with E-state index in [0.717, 1.165) is 4.90 Å². The lowest BCUT2D eigenvalue weighted by Gasteiger charge is -2.22. The summed E-state index contributed by atoms with van der Waals surface area (Å²) in [5.74, 6) is -1.76. The number of carbonyl (C=O) groups excluding carboxylic acids is 3. The zero-order chi connectivity index (χ0) is 17.0. The lowest BCUT2D eigenvalue weighted by Crippen LogP contribution is -2.43. The van der Waals surface area contributed by atoms with Gasteiger partial charge < -0.3 is 4.74 Å². The third-order valence-electron chi connectivity index (χ3n) is 3.33. The van der Waals surface area contributed by atoms with Crippen molar-refractivity contribution in [3.05, 3.63) is 38.7 Å². The summed E-state index contributed by atoms with van der Waals surface area (Å²) in [4.78, 5) is 40.3. The van der Waals surface area contributed by atoms with E-state index in [9.17, 15) is 14.4 Å². The van der Waals surface area contributed by atoms with Crippen LogP contribution in [0.25, 0.3) is 10.4 Å². The summed E-state index contributed by atoms with van der Waals surface area (Å²) in [6.45, 7) is 1.81. The fourth-order valence-corrected chi connectivity index (χ4v) is 2.71. The van der Waals surface area contributed by atoms with E-state index in [1.807, 2.05) is 0 Å². The van der Waals surface area contributed by atoms with E-state index in [-0.39, 0.29) is 30.7 Å². The summed E-state index contributed by atoms with van der Waals surface area (Å²) in [7, 11) is 0. The molecule has 1 unspecified atom stereocenters. The molecule has 1 aromatic rings. The van der Waals surface area contributed by atoms with Crippen LogP contribution in [0.15, 0.2) is 27.8 Å². The highest BCUT2D eigenvalue weighted by molar-refractivity contribution is 9.10. The van der Waals surface area contributed by atoms with E-state index in [0.29, 0.717) is 4.47 Å². The second-order valence-corrected chi connectivity index (χ2v) is 5.64. The predicted octanol–water partition coefficient (Wildman–Crippen LogP) is 3.09. The molecule has 2 rings (SSSR count). The molecule has 1 aromatic carbocycles. The van der Waals surface area contributed by atoms with Crippen LogP contribution in [-0.4, -0.2) is 35.3 Å². The first-order valence-electron chi connectivity index (χ1n) is 6.87. The molecule has 0 radical (unpaired) electrons. The minimum Gasteiger partial charge on any atom is -0.464 e. The predicted molar refractivity (Wildman–Crippen MR) is 83.8 cm³/mol. The van der Waals surface area contributed by atoms with Gasteiger partial charge in [-0.15, -0.1) is 0 Å². The molecule has 0 saturated carbocycles. The van der Waals surface area contributed by atoms with E-state index in [1.54, 1.807) is 13.0 Å². The van der Waals surface area contributed by atoms with Gasteiger partial charge in [-0.2, -0.15) is 0 Å². The van der Waals surface area contributed by atoms with Gasteiger partial charge in [0.05, 0.1) is 17.9 Å². The van der Waals surface area contributed by atoms with Gasteiger partial charge in [-0.05, 0) is 31.0 Å². The summed E-state index contributed by atoms with van der Waals surface area (Å²) in [6, 6.07) is 3.56. The maximum atomic E-state index is 12.7. The van der Waals surface area contributed by atoms with Crippen molar-refractivity contribution in [1.29, 1.82) is 0 Å². The lowest BCUT2D eigenvalue weighted by molar-refractivity contribution is -0.149. The largest absolute Gasteiger partial charge is 0.464 e. The van der Waals surface area contributed by atoms with Crippen LogP contribution in [-0.2, 0) is 14.3 Å². The number of halogens is 1. The number of nitrogens with zero attached hydrogens (tertiary/aromatic N) is 4. The van der Waals surface area contributed by atoms with E-state index in [4.69, 9.17) is 10.3 Å². The van der Waals surface area contributed by atoms with Crippen LogP contribution >= 0.6 is 15.9 Å². The standard InChI is InChI=1S/C14H13BrN4O4/c1-2-23-14(22)11-5-6-12(20)19(11)13(21)9-7-8(15)3-4-10(9)17-18-16/h3-4,7,11H,2,5-6H2,1H3. The van der Waals surface area contributed by atoms with E-state index in [2.05, 4.69) is 26.0 Å². The highest BCUT2D eigenvalue weighted by Crippen LogP contribution is 2.29. The number of rotatable bonds is 4. The molecule has 1 atom stereocenters. The van der Waals surface area contributed by atoms with Crippen LogP contribution in [0.5, 0.6) is 0 Å². The van der Waals surface area contributed by atoms with E-state index >= 15 is 0 Å². The molecule has 8 nitrogen and oxygen atoms in total. The summed E-state index contributed by atoms with van der Waals surface area (Å²) in [5, 5.41) is 3.46. The van der Waals surface area contributed by atoms with Gasteiger partial charge in [-0.3, -0.25) is 14.5 Å². The number of amides is 2. The van der Waals surface area contributed by atoms with Gasteiger partial charge in [0.2, 0.25) is 5.91 Å². The van der Waals surface area contributed by atoms with Crippen LogP contribution in [0.1, 0.15) is 30.1 Å². The first-order valence-corrected chi connectivity index (χ1v) is 7.66. The quantitative estimate of drug-likeness (QED) is 0.262. The summed E-state index contributed by atoms with van der Waals surface area (Å²) >= 11 is 3.23. The van der Waals surface area contributed by atoms with E-state index < -0.39 is 23.8 Å². The number of hydrogen-bond acceptors (Lipinski definition) is 5. The summed E-state index contributed by atoms with van der Waals surface area (Å²) in [5.41, 5.74) is 8.73. The van der Waals surface area contributed by atoms with Gasteiger partial charge in [0.25, 0.3) is 5.91 Å². The van der Waals surface area contributed by atoms with Gasteiger partial charge in [-0.25, -0.2) is 4.79 Å². The molecule has 23 heavy (non-hydrogen) atoms. The van der Waals surface area contributed by atoms with Crippen molar-refractivity contribution in [2.24, 2.45) is 5.11 Å². The Bertz CT molecular complexity index is 715. The molecule has 1 fully saturated rings. The minimum absolute atomic E-state index is 0.0433. The van der Waals surface area contributed by atoms with Crippen molar-refractivity contribution < 1.29 is 19.1 Å². The average Bonchev–Trinajstić information content (AvgIpc) is 2.90. The number of carbonyl (C=O) groups is 3. The number of azide groups is 1. The van der Waals surface area contributed by atoms with Crippen LogP contribution in [0.3, 0.4) is 0 Å². The van der Waals surface area contributed by atoms with Crippen molar-refractivity contribution in [3.63, 3.8) is 0 Å². The minimum atomic E-state index is -0.951. The normalized spacial score (nSPS) is 16.9. The molecule has 9 heteroatoms. The lowest BCUT2D eigenvalue weighted by atomic mass is 10.1. The van der Waals surface area contributed by atoms with Gasteiger partial charge in [-0.1, -0.05) is 27.1 Å². The molecular formula is C14H13BrN4O4. The Morgan fingerprint density at radius 3 is 2.91 bits per heavy atom. The monoisotopic (exact) mass is 380 g/mol. The Labute approximate surface area is 140 Å². The van der Waals surface area contributed by atoms with E-state index in [1.165, 1.54) is 12.1 Å². The summed E-state index contributed by atoms with van der Waals surface area (Å²) < 4.78 is 5.50. The highest BCUT2D eigenvalue weighted by atomic mass is 79.9. The smallest absolute Gasteiger partial charge is 0.329 e. The Balaban J connectivity index is 2.41. The third-order valence-corrected chi connectivity index (χ3v) is 3.82. The Kier molecular flexibility index (Phi) is 5.36. The SMILES string of the molecule is CCOC(=O)C1CCC(=O)N1C(=O)c1cc(Br)ccc1N=[N+]=[N-]. The number of imide groups is 1. The second-order valence-electron chi connectivity index (χ2n) is 4.73. The fourth-order valence-electron chi connectivity index (χ4n) is 2.34. The Morgan fingerprint density at radius 2 is 2.26 bits per heavy atom. The number of hydrogen-bond donors (Lipinski definition) is 0. The zero-order valence-corrected chi connectivity index (χ0v) is 13.8. The maximum Gasteiger partial charge on any atom is 0.329 e. The number of esters is 1. The first-order chi connectivity index (χ1) is 11.0. The molecule has 1 saturated heterocycles. The molecule has 0 bridgehead atoms. The fraction of sp³-hybridized carbons (Fsp3) is 0.357. The highest BCUT2D eigenvalue weighted by Gasteiger charge is 2.41. The molecule has 120 valence electrons. The maximum absolute atomic E-state index is 12.7. The number of likely N-dealkylation sites (tertiary alicyclic amines) is 1. The van der Waals surface area contributed by atoms with Gasteiger partial charge in [0.1, 0.15) is 6.04 Å². The van der Waals surface area contributed by atoms with Crippen LogP contribution in [0.4, 0.5) is 5.69 Å². The van der Waals surface area contributed by atoms with Crippen molar-refractivity contribution in [2.75, 3.05) is 6.61 Å². The number of ether oxygens (including phenoxy) is 1. The van der Waals surface area contributed by atoms with Crippen molar-refractivity contribution in [2.45, 2.75) is 25.8 Å². The number of benzene rings is 1. The molecular weight excluding hydrogens is 368 g/mol. The zero-order valence-electron chi connectivity index (χ0n) is 12.2. The topological polar surface area (TPSA) is 112 Å². The molecule has 0 N–H and O–H groups in total.